The minimum atomic E-state index is -0.488. The van der Waals surface area contributed by atoms with Crippen molar-refractivity contribution in [2.75, 3.05) is 23.8 Å². The van der Waals surface area contributed by atoms with Crippen molar-refractivity contribution < 1.29 is 19.1 Å². The molecule has 1 heterocycles. The first kappa shape index (κ1) is 18.3. The number of ether oxygens (including phenoxy) is 1. The molecule has 24 heavy (non-hydrogen) atoms. The molecule has 1 atom stereocenters. The van der Waals surface area contributed by atoms with Crippen LogP contribution in [0.25, 0.3) is 0 Å². The second-order valence-corrected chi connectivity index (χ2v) is 6.61. The molecule has 2 rings (SSSR count). The standard InChI is InChI=1S/C17H22N2O4S/c1-3-12(2)18-15(20)10-23-17(22)8-9-19-13-6-4-5-7-14(13)24-11-16(19)21/h4-7,12H,3,8-11H2,1-2H3,(H,18,20)/t12-/m1/s1. The molecule has 130 valence electrons. The van der Waals surface area contributed by atoms with E-state index in [1.54, 1.807) is 4.90 Å². The van der Waals surface area contributed by atoms with Gasteiger partial charge in [-0.2, -0.15) is 0 Å². The number of anilines is 1. The second kappa shape index (κ2) is 8.73. The number of carbonyl (C=O) groups is 3. The molecule has 2 amide bonds. The van der Waals surface area contributed by atoms with Crippen LogP contribution < -0.4 is 10.2 Å². The van der Waals surface area contributed by atoms with Gasteiger partial charge in [-0.1, -0.05) is 19.1 Å². The normalized spacial score (nSPS) is 14.8. The van der Waals surface area contributed by atoms with Gasteiger partial charge in [-0.25, -0.2) is 0 Å². The number of nitrogens with one attached hydrogen (secondary N) is 1. The number of fused-ring (bicyclic) bond motifs is 1. The highest BCUT2D eigenvalue weighted by atomic mass is 32.2. The van der Waals surface area contributed by atoms with E-state index >= 15 is 0 Å². The quantitative estimate of drug-likeness (QED) is 0.761. The summed E-state index contributed by atoms with van der Waals surface area (Å²) in [6.07, 6.45) is 0.871. The Morgan fingerprint density at radius 2 is 2.12 bits per heavy atom. The fraction of sp³-hybridized carbons (Fsp3) is 0.471. The molecule has 0 bridgehead atoms. The van der Waals surface area contributed by atoms with Crippen molar-refractivity contribution in [1.29, 1.82) is 0 Å². The van der Waals surface area contributed by atoms with Crippen LogP contribution in [-0.4, -0.2) is 42.7 Å². The molecule has 1 aliphatic heterocycles. The van der Waals surface area contributed by atoms with E-state index in [2.05, 4.69) is 5.32 Å². The molecular formula is C17H22N2O4S. The predicted octanol–water partition coefficient (Wildman–Crippen LogP) is 1.97. The van der Waals surface area contributed by atoms with Crippen molar-refractivity contribution >= 4 is 35.2 Å². The van der Waals surface area contributed by atoms with Crippen molar-refractivity contribution in [3.63, 3.8) is 0 Å². The SMILES string of the molecule is CC[C@@H](C)NC(=O)COC(=O)CCN1C(=O)CSc2ccccc21. The van der Waals surface area contributed by atoms with Crippen LogP contribution in [0.2, 0.25) is 0 Å². The fourth-order valence-electron chi connectivity index (χ4n) is 2.24. The smallest absolute Gasteiger partial charge is 0.308 e. The molecule has 0 saturated carbocycles. The molecule has 1 aromatic rings. The molecule has 6 nitrogen and oxygen atoms in total. The molecule has 0 saturated heterocycles. The minimum absolute atomic E-state index is 0.0268. The van der Waals surface area contributed by atoms with E-state index < -0.39 is 5.97 Å². The lowest BCUT2D eigenvalue weighted by Crippen LogP contribution is -2.38. The van der Waals surface area contributed by atoms with Crippen LogP contribution in [0.5, 0.6) is 0 Å². The van der Waals surface area contributed by atoms with Crippen LogP contribution in [-0.2, 0) is 19.1 Å². The number of thioether (sulfide) groups is 1. The van der Waals surface area contributed by atoms with Crippen molar-refractivity contribution in [3.05, 3.63) is 24.3 Å². The summed E-state index contributed by atoms with van der Waals surface area (Å²) in [4.78, 5) is 38.1. The molecule has 1 aliphatic rings. The zero-order valence-corrected chi connectivity index (χ0v) is 14.7. The molecule has 0 spiro atoms. The average molecular weight is 350 g/mol. The van der Waals surface area contributed by atoms with E-state index in [4.69, 9.17) is 4.74 Å². The molecule has 1 N–H and O–H groups in total. The first-order valence-corrected chi connectivity index (χ1v) is 8.97. The van der Waals surface area contributed by atoms with Gasteiger partial charge in [0.15, 0.2) is 6.61 Å². The first-order valence-electron chi connectivity index (χ1n) is 7.98. The topological polar surface area (TPSA) is 75.7 Å². The Morgan fingerprint density at radius 1 is 1.38 bits per heavy atom. The summed E-state index contributed by atoms with van der Waals surface area (Å²) < 4.78 is 4.97. The number of nitrogens with zero attached hydrogens (tertiary/aromatic N) is 1. The van der Waals surface area contributed by atoms with Gasteiger partial charge in [0.25, 0.3) is 5.91 Å². The molecular weight excluding hydrogens is 328 g/mol. The summed E-state index contributed by atoms with van der Waals surface area (Å²) in [6.45, 7) is 3.81. The van der Waals surface area contributed by atoms with Gasteiger partial charge < -0.3 is 15.0 Å². The third-order valence-corrected chi connectivity index (χ3v) is 4.78. The van der Waals surface area contributed by atoms with E-state index in [0.717, 1.165) is 17.0 Å². The first-order chi connectivity index (χ1) is 11.5. The zero-order valence-electron chi connectivity index (χ0n) is 13.9. The highest BCUT2D eigenvalue weighted by Gasteiger charge is 2.24. The van der Waals surface area contributed by atoms with E-state index in [0.29, 0.717) is 5.75 Å². The number of benzene rings is 1. The molecule has 0 fully saturated rings. The Kier molecular flexibility index (Phi) is 6.66. The van der Waals surface area contributed by atoms with E-state index in [-0.39, 0.29) is 37.4 Å². The van der Waals surface area contributed by atoms with Gasteiger partial charge in [0.2, 0.25) is 5.91 Å². The van der Waals surface area contributed by atoms with Crippen molar-refractivity contribution in [2.45, 2.75) is 37.6 Å². The van der Waals surface area contributed by atoms with E-state index in [1.807, 2.05) is 38.1 Å². The van der Waals surface area contributed by atoms with E-state index in [9.17, 15) is 14.4 Å². The van der Waals surface area contributed by atoms with Crippen LogP contribution in [0.15, 0.2) is 29.2 Å². The van der Waals surface area contributed by atoms with E-state index in [1.165, 1.54) is 11.8 Å². The Morgan fingerprint density at radius 3 is 2.88 bits per heavy atom. The van der Waals surface area contributed by atoms with Crippen LogP contribution in [0.1, 0.15) is 26.7 Å². The maximum Gasteiger partial charge on any atom is 0.308 e. The predicted molar refractivity (Wildman–Crippen MR) is 93.0 cm³/mol. The lowest BCUT2D eigenvalue weighted by atomic mass is 10.2. The molecule has 0 aliphatic carbocycles. The van der Waals surface area contributed by atoms with Crippen molar-refractivity contribution in [3.8, 4) is 0 Å². The highest BCUT2D eigenvalue weighted by molar-refractivity contribution is 8.00. The summed E-state index contributed by atoms with van der Waals surface area (Å²) in [5, 5.41) is 2.73. The molecule has 7 heteroatoms. The zero-order chi connectivity index (χ0) is 17.5. The van der Waals surface area contributed by atoms with Gasteiger partial charge in [0, 0.05) is 17.5 Å². The third-order valence-electron chi connectivity index (χ3n) is 3.73. The fourth-order valence-corrected chi connectivity index (χ4v) is 3.17. The third kappa shape index (κ3) is 4.99. The molecule has 0 unspecified atom stereocenters. The van der Waals surface area contributed by atoms with Crippen LogP contribution in [0, 0.1) is 0 Å². The van der Waals surface area contributed by atoms with Crippen LogP contribution in [0.4, 0.5) is 5.69 Å². The minimum Gasteiger partial charge on any atom is -0.456 e. The number of esters is 1. The number of carbonyl (C=O) groups excluding carboxylic acids is 3. The number of para-hydroxylation sites is 1. The van der Waals surface area contributed by atoms with Crippen LogP contribution in [0.3, 0.4) is 0 Å². The summed E-state index contributed by atoms with van der Waals surface area (Å²) in [6, 6.07) is 7.66. The highest BCUT2D eigenvalue weighted by Crippen LogP contribution is 2.34. The average Bonchev–Trinajstić information content (AvgIpc) is 2.59. The summed E-state index contributed by atoms with van der Waals surface area (Å²) in [7, 11) is 0. The van der Waals surface area contributed by atoms with Gasteiger partial charge in [-0.15, -0.1) is 11.8 Å². The number of hydrogen-bond acceptors (Lipinski definition) is 5. The Labute approximate surface area is 145 Å². The number of rotatable bonds is 7. The monoisotopic (exact) mass is 350 g/mol. The lowest BCUT2D eigenvalue weighted by molar-refractivity contribution is -0.148. The summed E-state index contributed by atoms with van der Waals surface area (Å²) in [5.41, 5.74) is 0.820. The van der Waals surface area contributed by atoms with Gasteiger partial charge in [0.1, 0.15) is 0 Å². The number of hydrogen-bond donors (Lipinski definition) is 1. The number of amides is 2. The second-order valence-electron chi connectivity index (χ2n) is 5.59. The van der Waals surface area contributed by atoms with Gasteiger partial charge in [-0.3, -0.25) is 14.4 Å². The van der Waals surface area contributed by atoms with Crippen molar-refractivity contribution in [1.82, 2.24) is 5.32 Å². The Bertz CT molecular complexity index is 620. The van der Waals surface area contributed by atoms with Gasteiger partial charge in [-0.05, 0) is 25.5 Å². The molecule has 1 aromatic carbocycles. The van der Waals surface area contributed by atoms with Crippen molar-refractivity contribution in [2.24, 2.45) is 0 Å². The molecule has 0 radical (unpaired) electrons. The largest absolute Gasteiger partial charge is 0.456 e. The van der Waals surface area contributed by atoms with Crippen LogP contribution >= 0.6 is 11.8 Å². The van der Waals surface area contributed by atoms with Gasteiger partial charge in [0.05, 0.1) is 17.9 Å². The summed E-state index contributed by atoms with van der Waals surface area (Å²) in [5.74, 6) is -0.462. The summed E-state index contributed by atoms with van der Waals surface area (Å²) >= 11 is 1.50. The molecule has 0 aromatic heterocycles. The maximum atomic E-state index is 12.1. The maximum absolute atomic E-state index is 12.1. The Balaban J connectivity index is 1.82. The Hall–Kier alpha value is -2.02. The lowest BCUT2D eigenvalue weighted by Gasteiger charge is -2.28. The van der Waals surface area contributed by atoms with Gasteiger partial charge >= 0.3 is 5.97 Å².